The van der Waals surface area contributed by atoms with Gasteiger partial charge in [-0.05, 0) is 38.0 Å². The molecule has 0 bridgehead atoms. The van der Waals surface area contributed by atoms with E-state index >= 15 is 0 Å². The summed E-state index contributed by atoms with van der Waals surface area (Å²) in [5.74, 6) is 0.629. The van der Waals surface area contributed by atoms with Crippen LogP contribution in [-0.2, 0) is 4.79 Å². The summed E-state index contributed by atoms with van der Waals surface area (Å²) >= 11 is 0. The van der Waals surface area contributed by atoms with Crippen molar-refractivity contribution in [3.8, 4) is 6.07 Å². The Kier molecular flexibility index (Phi) is 4.35. The van der Waals surface area contributed by atoms with Crippen molar-refractivity contribution in [1.82, 2.24) is 5.32 Å². The van der Waals surface area contributed by atoms with E-state index in [1.165, 1.54) is 6.42 Å². The van der Waals surface area contributed by atoms with Crippen molar-refractivity contribution >= 4 is 5.91 Å². The van der Waals surface area contributed by atoms with Gasteiger partial charge in [-0.2, -0.15) is 5.26 Å². The van der Waals surface area contributed by atoms with Gasteiger partial charge in [-0.1, -0.05) is 20.8 Å². The molecule has 1 amide bonds. The molecule has 0 aromatic carbocycles. The number of hydrogen-bond acceptors (Lipinski definition) is 2. The number of nitrogens with one attached hydrogen (secondary N) is 1. The fourth-order valence-electron chi connectivity index (χ4n) is 2.44. The van der Waals surface area contributed by atoms with E-state index in [0.717, 1.165) is 12.8 Å². The summed E-state index contributed by atoms with van der Waals surface area (Å²) in [6.45, 7) is 6.02. The van der Waals surface area contributed by atoms with Crippen LogP contribution < -0.4 is 5.32 Å². The third-order valence-corrected chi connectivity index (χ3v) is 3.89. The highest BCUT2D eigenvalue weighted by atomic mass is 16.2. The molecule has 1 aliphatic carbocycles. The number of carbonyl (C=O) groups excluding carboxylic acids is 1. The topological polar surface area (TPSA) is 52.9 Å². The minimum absolute atomic E-state index is 0.0703. The molecule has 1 saturated carbocycles. The highest BCUT2D eigenvalue weighted by Gasteiger charge is 2.36. The van der Waals surface area contributed by atoms with Crippen molar-refractivity contribution < 1.29 is 4.79 Å². The largest absolute Gasteiger partial charge is 0.352 e. The monoisotopic (exact) mass is 222 g/mol. The molecule has 0 aliphatic heterocycles. The average molecular weight is 222 g/mol. The molecule has 16 heavy (non-hydrogen) atoms. The molecule has 0 aromatic rings. The molecule has 90 valence electrons. The smallest absolute Gasteiger partial charge is 0.240 e. The van der Waals surface area contributed by atoms with Crippen LogP contribution in [0.5, 0.6) is 0 Å². The van der Waals surface area contributed by atoms with Crippen LogP contribution in [0, 0.1) is 22.7 Å². The van der Waals surface area contributed by atoms with Crippen molar-refractivity contribution in [3.05, 3.63) is 0 Å². The molecule has 0 radical (unpaired) electrons. The zero-order valence-electron chi connectivity index (χ0n) is 10.5. The van der Waals surface area contributed by atoms with Gasteiger partial charge < -0.3 is 5.32 Å². The van der Waals surface area contributed by atoms with E-state index in [9.17, 15) is 4.79 Å². The molecule has 0 saturated heterocycles. The van der Waals surface area contributed by atoms with Gasteiger partial charge >= 0.3 is 0 Å². The summed E-state index contributed by atoms with van der Waals surface area (Å²) in [5, 5.41) is 12.2. The summed E-state index contributed by atoms with van der Waals surface area (Å²) in [7, 11) is 0. The predicted octanol–water partition coefficient (Wildman–Crippen LogP) is 2.62. The van der Waals surface area contributed by atoms with Crippen LogP contribution in [-0.4, -0.2) is 11.9 Å². The first-order chi connectivity index (χ1) is 7.57. The van der Waals surface area contributed by atoms with E-state index < -0.39 is 5.41 Å². The van der Waals surface area contributed by atoms with Crippen molar-refractivity contribution in [1.29, 1.82) is 5.26 Å². The average Bonchev–Trinajstić information content (AvgIpc) is 2.67. The Hall–Kier alpha value is -1.04. The minimum Gasteiger partial charge on any atom is -0.352 e. The van der Waals surface area contributed by atoms with Gasteiger partial charge in [0, 0.05) is 6.04 Å². The van der Waals surface area contributed by atoms with Gasteiger partial charge in [-0.3, -0.25) is 4.79 Å². The van der Waals surface area contributed by atoms with E-state index in [1.807, 2.05) is 13.8 Å². The van der Waals surface area contributed by atoms with Gasteiger partial charge in [0.15, 0.2) is 0 Å². The van der Waals surface area contributed by atoms with Gasteiger partial charge in [-0.15, -0.1) is 0 Å². The van der Waals surface area contributed by atoms with Crippen LogP contribution in [0.2, 0.25) is 0 Å². The number of nitriles is 1. The van der Waals surface area contributed by atoms with E-state index in [2.05, 4.69) is 18.3 Å². The van der Waals surface area contributed by atoms with Crippen LogP contribution in [0.3, 0.4) is 0 Å². The summed E-state index contributed by atoms with van der Waals surface area (Å²) in [6, 6.07) is 2.47. The first-order valence-corrected chi connectivity index (χ1v) is 6.30. The molecular formula is C13H22N2O. The predicted molar refractivity (Wildman–Crippen MR) is 63.6 cm³/mol. The summed E-state index contributed by atoms with van der Waals surface area (Å²) in [5.41, 5.74) is -0.814. The van der Waals surface area contributed by atoms with Gasteiger partial charge in [0.25, 0.3) is 0 Å². The van der Waals surface area contributed by atoms with Gasteiger partial charge in [-0.25, -0.2) is 0 Å². The second-order valence-corrected chi connectivity index (χ2v) is 4.99. The van der Waals surface area contributed by atoms with E-state index in [4.69, 9.17) is 5.26 Å². The highest BCUT2D eigenvalue weighted by Crippen LogP contribution is 2.29. The molecule has 1 fully saturated rings. The van der Waals surface area contributed by atoms with E-state index in [-0.39, 0.29) is 11.9 Å². The first kappa shape index (κ1) is 13.0. The summed E-state index contributed by atoms with van der Waals surface area (Å²) < 4.78 is 0. The molecule has 1 rings (SSSR count). The second kappa shape index (κ2) is 5.34. The Morgan fingerprint density at radius 1 is 1.44 bits per heavy atom. The van der Waals surface area contributed by atoms with Crippen molar-refractivity contribution in [2.45, 2.75) is 58.9 Å². The lowest BCUT2D eigenvalue weighted by Gasteiger charge is -2.24. The Balaban J connectivity index is 2.60. The van der Waals surface area contributed by atoms with Crippen LogP contribution >= 0.6 is 0 Å². The molecule has 2 atom stereocenters. The number of amides is 1. The fraction of sp³-hybridized carbons (Fsp3) is 0.846. The van der Waals surface area contributed by atoms with Crippen LogP contribution in [0.1, 0.15) is 52.9 Å². The molecule has 3 nitrogen and oxygen atoms in total. The Bertz CT molecular complexity index is 289. The van der Waals surface area contributed by atoms with Crippen molar-refractivity contribution in [2.24, 2.45) is 11.3 Å². The lowest BCUT2D eigenvalue weighted by molar-refractivity contribution is -0.129. The van der Waals surface area contributed by atoms with Crippen LogP contribution in [0.4, 0.5) is 0 Å². The molecule has 1 N–H and O–H groups in total. The molecule has 0 spiro atoms. The number of hydrogen-bond donors (Lipinski definition) is 1. The standard InChI is InChI=1S/C13H22N2O/c1-4-13(5-2,9-14)12(16)15-11-7-6-10(3)8-11/h10-11H,4-8H2,1-3H3,(H,15,16). The lowest BCUT2D eigenvalue weighted by Crippen LogP contribution is -2.43. The number of rotatable bonds is 4. The fourth-order valence-corrected chi connectivity index (χ4v) is 2.44. The molecule has 1 aliphatic rings. The Morgan fingerprint density at radius 2 is 2.06 bits per heavy atom. The number of nitrogens with zero attached hydrogens (tertiary/aromatic N) is 1. The molecular weight excluding hydrogens is 200 g/mol. The third-order valence-electron chi connectivity index (χ3n) is 3.89. The van der Waals surface area contributed by atoms with Gasteiger partial charge in [0.1, 0.15) is 5.41 Å². The molecule has 0 heterocycles. The van der Waals surface area contributed by atoms with Crippen molar-refractivity contribution in [2.75, 3.05) is 0 Å². The van der Waals surface area contributed by atoms with Crippen LogP contribution in [0.25, 0.3) is 0 Å². The van der Waals surface area contributed by atoms with Gasteiger partial charge in [0.2, 0.25) is 5.91 Å². The second-order valence-electron chi connectivity index (χ2n) is 4.99. The molecule has 2 unspecified atom stereocenters. The maximum atomic E-state index is 12.1. The third kappa shape index (κ3) is 2.55. The molecule has 3 heteroatoms. The maximum absolute atomic E-state index is 12.1. The summed E-state index contributed by atoms with van der Waals surface area (Å²) in [4.78, 5) is 12.1. The first-order valence-electron chi connectivity index (χ1n) is 6.30. The number of carbonyl (C=O) groups is 1. The quantitative estimate of drug-likeness (QED) is 0.795. The normalized spacial score (nSPS) is 25.1. The van der Waals surface area contributed by atoms with Gasteiger partial charge in [0.05, 0.1) is 6.07 Å². The Labute approximate surface area is 98.2 Å². The molecule has 0 aromatic heterocycles. The summed E-state index contributed by atoms with van der Waals surface area (Å²) in [6.07, 6.45) is 4.48. The maximum Gasteiger partial charge on any atom is 0.240 e. The minimum atomic E-state index is -0.814. The highest BCUT2D eigenvalue weighted by molar-refractivity contribution is 5.85. The van der Waals surface area contributed by atoms with Crippen molar-refractivity contribution in [3.63, 3.8) is 0 Å². The van der Waals surface area contributed by atoms with E-state index in [0.29, 0.717) is 18.8 Å². The SMILES string of the molecule is CCC(C#N)(CC)C(=O)NC1CCC(C)C1. The lowest BCUT2D eigenvalue weighted by atomic mass is 9.83. The van der Waals surface area contributed by atoms with E-state index in [1.54, 1.807) is 0 Å². The zero-order chi connectivity index (χ0) is 12.2. The van der Waals surface area contributed by atoms with Crippen LogP contribution in [0.15, 0.2) is 0 Å². The Morgan fingerprint density at radius 3 is 2.44 bits per heavy atom. The zero-order valence-corrected chi connectivity index (χ0v) is 10.5.